The number of para-hydroxylation sites is 1. The molecular formula is C18H14ClNO4. The van der Waals surface area contributed by atoms with Crippen LogP contribution in [0.1, 0.15) is 17.3 Å². The molecule has 0 fully saturated rings. The van der Waals surface area contributed by atoms with E-state index in [1.165, 1.54) is 6.07 Å². The number of halogens is 1. The Labute approximate surface area is 142 Å². The molecular weight excluding hydrogens is 330 g/mol. The zero-order valence-electron chi connectivity index (χ0n) is 12.8. The average Bonchev–Trinajstić information content (AvgIpc) is 2.57. The molecule has 0 aliphatic rings. The lowest BCUT2D eigenvalue weighted by Crippen LogP contribution is -2.20. The van der Waals surface area contributed by atoms with Crippen molar-refractivity contribution in [3.63, 3.8) is 0 Å². The van der Waals surface area contributed by atoms with Gasteiger partial charge in [0.05, 0.1) is 11.6 Å². The second-order valence-corrected chi connectivity index (χ2v) is 5.42. The van der Waals surface area contributed by atoms with E-state index in [1.54, 1.807) is 42.5 Å². The Kier molecular flexibility index (Phi) is 4.53. The maximum atomic E-state index is 12.3. The lowest BCUT2D eigenvalue weighted by Gasteiger charge is -2.07. The first-order chi connectivity index (χ1) is 11.6. The summed E-state index contributed by atoms with van der Waals surface area (Å²) < 4.78 is 10.5. The van der Waals surface area contributed by atoms with Crippen molar-refractivity contribution in [2.45, 2.75) is 6.92 Å². The van der Waals surface area contributed by atoms with Crippen LogP contribution in [0.4, 0.5) is 5.69 Å². The van der Waals surface area contributed by atoms with Gasteiger partial charge in [0, 0.05) is 11.1 Å². The fourth-order valence-electron chi connectivity index (χ4n) is 2.27. The molecule has 1 N–H and O–H groups in total. The van der Waals surface area contributed by atoms with Crippen molar-refractivity contribution < 1.29 is 13.9 Å². The van der Waals surface area contributed by atoms with Crippen LogP contribution in [0.2, 0.25) is 5.02 Å². The fourth-order valence-corrected chi connectivity index (χ4v) is 2.49. The lowest BCUT2D eigenvalue weighted by molar-refractivity contribution is 0.102. The van der Waals surface area contributed by atoms with Crippen molar-refractivity contribution in [1.82, 2.24) is 0 Å². The highest BCUT2D eigenvalue weighted by Crippen LogP contribution is 2.23. The molecule has 0 aliphatic carbocycles. The van der Waals surface area contributed by atoms with Gasteiger partial charge in [-0.1, -0.05) is 23.7 Å². The Bertz CT molecular complexity index is 947. The van der Waals surface area contributed by atoms with Crippen molar-refractivity contribution in [1.29, 1.82) is 0 Å². The monoisotopic (exact) mass is 343 g/mol. The predicted molar refractivity (Wildman–Crippen MR) is 93.1 cm³/mol. The minimum absolute atomic E-state index is 0.0846. The van der Waals surface area contributed by atoms with Gasteiger partial charge in [0.1, 0.15) is 11.3 Å². The molecule has 3 rings (SSSR count). The molecule has 0 unspecified atom stereocenters. The number of benzene rings is 2. The van der Waals surface area contributed by atoms with Crippen molar-refractivity contribution in [3.05, 3.63) is 69.5 Å². The van der Waals surface area contributed by atoms with Gasteiger partial charge >= 0.3 is 5.63 Å². The fraction of sp³-hybridized carbons (Fsp3) is 0.111. The molecule has 0 radical (unpaired) electrons. The number of carbonyl (C=O) groups excluding carboxylic acids is 1. The third-order valence-corrected chi connectivity index (χ3v) is 3.68. The molecule has 122 valence electrons. The second kappa shape index (κ2) is 6.76. The van der Waals surface area contributed by atoms with E-state index in [0.717, 1.165) is 0 Å². The van der Waals surface area contributed by atoms with Crippen molar-refractivity contribution >= 4 is 34.2 Å². The van der Waals surface area contributed by atoms with Crippen LogP contribution in [0.25, 0.3) is 11.0 Å². The average molecular weight is 344 g/mol. The molecule has 0 aliphatic heterocycles. The van der Waals surface area contributed by atoms with E-state index in [-0.39, 0.29) is 11.1 Å². The highest BCUT2D eigenvalue weighted by molar-refractivity contribution is 6.34. The van der Waals surface area contributed by atoms with Gasteiger partial charge in [-0.05, 0) is 43.3 Å². The van der Waals surface area contributed by atoms with E-state index in [1.807, 2.05) is 6.92 Å². The first-order valence-corrected chi connectivity index (χ1v) is 7.73. The van der Waals surface area contributed by atoms with Crippen LogP contribution < -0.4 is 15.7 Å². The molecule has 1 amide bonds. The summed E-state index contributed by atoms with van der Waals surface area (Å²) in [4.78, 5) is 24.4. The molecule has 6 heteroatoms. The van der Waals surface area contributed by atoms with Crippen LogP contribution in [0, 0.1) is 0 Å². The zero-order valence-corrected chi connectivity index (χ0v) is 13.6. The Balaban J connectivity index is 1.88. The van der Waals surface area contributed by atoms with Gasteiger partial charge in [0.2, 0.25) is 0 Å². The van der Waals surface area contributed by atoms with Crippen LogP contribution in [0.15, 0.2) is 57.7 Å². The van der Waals surface area contributed by atoms with Gasteiger partial charge in [-0.25, -0.2) is 4.79 Å². The number of carbonyl (C=O) groups is 1. The maximum Gasteiger partial charge on any atom is 0.349 e. The normalized spacial score (nSPS) is 10.6. The van der Waals surface area contributed by atoms with Crippen LogP contribution in [-0.2, 0) is 0 Å². The number of nitrogens with one attached hydrogen (secondary N) is 1. The predicted octanol–water partition coefficient (Wildman–Crippen LogP) is 4.10. The topological polar surface area (TPSA) is 68.5 Å². The largest absolute Gasteiger partial charge is 0.494 e. The SMILES string of the molecule is CCOc1ccc(NC(=O)c2cc3cccc(Cl)c3oc2=O)cc1. The highest BCUT2D eigenvalue weighted by Gasteiger charge is 2.15. The summed E-state index contributed by atoms with van der Waals surface area (Å²) in [5.74, 6) is 0.158. The molecule has 5 nitrogen and oxygen atoms in total. The maximum absolute atomic E-state index is 12.3. The second-order valence-electron chi connectivity index (χ2n) is 5.02. The first-order valence-electron chi connectivity index (χ1n) is 7.35. The number of anilines is 1. The summed E-state index contributed by atoms with van der Waals surface area (Å²) in [6, 6.07) is 13.4. The quantitative estimate of drug-likeness (QED) is 0.724. The van der Waals surface area contributed by atoms with Crippen molar-refractivity contribution in [2.24, 2.45) is 0 Å². The standard InChI is InChI=1S/C18H14ClNO4/c1-2-23-13-8-6-12(7-9-13)20-17(21)14-10-11-4-3-5-15(19)16(11)24-18(14)22/h3-10H,2H2,1H3,(H,20,21). The van der Waals surface area contributed by atoms with Crippen LogP contribution in [0.5, 0.6) is 5.75 Å². The van der Waals surface area contributed by atoms with Crippen molar-refractivity contribution in [2.75, 3.05) is 11.9 Å². The van der Waals surface area contributed by atoms with E-state index < -0.39 is 11.5 Å². The van der Waals surface area contributed by atoms with Gasteiger partial charge in [-0.15, -0.1) is 0 Å². The molecule has 0 spiro atoms. The first kappa shape index (κ1) is 16.1. The molecule has 24 heavy (non-hydrogen) atoms. The van der Waals surface area contributed by atoms with E-state index in [2.05, 4.69) is 5.32 Å². The van der Waals surface area contributed by atoms with E-state index in [9.17, 15) is 9.59 Å². The van der Waals surface area contributed by atoms with Gasteiger partial charge in [-0.3, -0.25) is 4.79 Å². The molecule has 3 aromatic rings. The minimum atomic E-state index is -0.737. The van der Waals surface area contributed by atoms with Crippen LogP contribution in [-0.4, -0.2) is 12.5 Å². The molecule has 0 saturated carbocycles. The van der Waals surface area contributed by atoms with Crippen LogP contribution in [0.3, 0.4) is 0 Å². The number of hydrogen-bond acceptors (Lipinski definition) is 4. The van der Waals surface area contributed by atoms with Crippen molar-refractivity contribution in [3.8, 4) is 5.75 Å². The molecule has 0 atom stereocenters. The molecule has 1 aromatic heterocycles. The Morgan fingerprint density at radius 3 is 2.67 bits per heavy atom. The Morgan fingerprint density at radius 2 is 1.96 bits per heavy atom. The Morgan fingerprint density at radius 1 is 1.21 bits per heavy atom. The third kappa shape index (κ3) is 3.26. The number of hydrogen-bond donors (Lipinski definition) is 1. The van der Waals surface area contributed by atoms with Gasteiger partial charge in [-0.2, -0.15) is 0 Å². The number of rotatable bonds is 4. The van der Waals surface area contributed by atoms with Gasteiger partial charge < -0.3 is 14.5 Å². The molecule has 0 saturated heterocycles. The highest BCUT2D eigenvalue weighted by atomic mass is 35.5. The molecule has 0 bridgehead atoms. The summed E-state index contributed by atoms with van der Waals surface area (Å²) in [5.41, 5.74) is -0.00600. The number of amides is 1. The zero-order chi connectivity index (χ0) is 17.1. The summed E-state index contributed by atoms with van der Waals surface area (Å²) in [6.07, 6.45) is 0. The summed E-state index contributed by atoms with van der Waals surface area (Å²) >= 11 is 5.99. The van der Waals surface area contributed by atoms with E-state index in [4.69, 9.17) is 20.8 Å². The van der Waals surface area contributed by atoms with E-state index >= 15 is 0 Å². The lowest BCUT2D eigenvalue weighted by atomic mass is 10.1. The summed E-state index contributed by atoms with van der Waals surface area (Å²) in [7, 11) is 0. The van der Waals surface area contributed by atoms with Gasteiger partial charge in [0.25, 0.3) is 5.91 Å². The molecule has 1 heterocycles. The third-order valence-electron chi connectivity index (χ3n) is 3.38. The van der Waals surface area contributed by atoms with E-state index in [0.29, 0.717) is 28.5 Å². The molecule has 2 aromatic carbocycles. The number of ether oxygens (including phenoxy) is 1. The van der Waals surface area contributed by atoms with Crippen LogP contribution >= 0.6 is 11.6 Å². The summed E-state index contributed by atoms with van der Waals surface area (Å²) in [5, 5.41) is 3.56. The van der Waals surface area contributed by atoms with Gasteiger partial charge in [0.15, 0.2) is 5.58 Å². The smallest absolute Gasteiger partial charge is 0.349 e. The number of fused-ring (bicyclic) bond motifs is 1. The summed E-state index contributed by atoms with van der Waals surface area (Å²) in [6.45, 7) is 2.45. The Hall–Kier alpha value is -2.79. The minimum Gasteiger partial charge on any atom is -0.494 e.